The molecule has 75 heavy (non-hydrogen) atoms. The van der Waals surface area contributed by atoms with Gasteiger partial charge in [0, 0.05) is 87.8 Å². The first-order valence-corrected chi connectivity index (χ1v) is 28.3. The van der Waals surface area contributed by atoms with E-state index in [0.717, 1.165) is 153 Å². The molecule has 5 saturated heterocycles. The molecule has 2 amide bonds. The zero-order valence-electron chi connectivity index (χ0n) is 45.1. The van der Waals surface area contributed by atoms with E-state index in [2.05, 4.69) is 86.4 Å². The number of cyclic esters (lactones) is 1. The number of halogens is 1. The van der Waals surface area contributed by atoms with Gasteiger partial charge in [-0.15, -0.1) is 0 Å². The number of anilines is 1. The highest BCUT2D eigenvalue weighted by Gasteiger charge is 2.47. The number of carbonyl (C=O) groups is 3. The van der Waals surface area contributed by atoms with Crippen molar-refractivity contribution in [3.63, 3.8) is 0 Å². The summed E-state index contributed by atoms with van der Waals surface area (Å²) in [7, 11) is 1.72. The van der Waals surface area contributed by atoms with Crippen LogP contribution in [0.15, 0.2) is 48.7 Å². The fourth-order valence-electron chi connectivity index (χ4n) is 14.0. The summed E-state index contributed by atoms with van der Waals surface area (Å²) < 4.78 is 35.9. The number of amides is 2. The number of morpholine rings is 1. The van der Waals surface area contributed by atoms with Crippen molar-refractivity contribution in [1.82, 2.24) is 40.4 Å². The number of hydrazine groups is 1. The van der Waals surface area contributed by atoms with E-state index in [0.29, 0.717) is 50.6 Å². The summed E-state index contributed by atoms with van der Waals surface area (Å²) >= 11 is 0. The molecule has 1 saturated carbocycles. The van der Waals surface area contributed by atoms with Crippen LogP contribution in [0.1, 0.15) is 108 Å². The van der Waals surface area contributed by atoms with Gasteiger partial charge in [-0.1, -0.05) is 44.9 Å². The Hall–Kier alpha value is -4.97. The molecule has 2 aromatic heterocycles. The molecule has 6 atom stereocenters. The number of aryl methyl sites for hydroxylation is 1. The third-order valence-corrected chi connectivity index (χ3v) is 18.1. The Labute approximate surface area is 442 Å². The number of nitrogens with zero attached hydrogens (tertiary/aromatic N) is 6. The van der Waals surface area contributed by atoms with Crippen LogP contribution in [-0.2, 0) is 54.7 Å². The molecule has 8 heterocycles. The van der Waals surface area contributed by atoms with Gasteiger partial charge < -0.3 is 34.3 Å². The molecule has 3 N–H and O–H groups in total. The summed E-state index contributed by atoms with van der Waals surface area (Å²) in [4.78, 5) is 57.0. The Morgan fingerprint density at radius 3 is 2.64 bits per heavy atom. The summed E-state index contributed by atoms with van der Waals surface area (Å²) in [6, 6.07) is 12.9. The molecular formula is C59H80FN9O6. The van der Waals surface area contributed by atoms with Gasteiger partial charge in [0.05, 0.1) is 61.3 Å². The maximum absolute atomic E-state index is 15.2. The van der Waals surface area contributed by atoms with Crippen molar-refractivity contribution in [3.05, 3.63) is 71.0 Å². The van der Waals surface area contributed by atoms with Gasteiger partial charge in [0.1, 0.15) is 18.8 Å². The Morgan fingerprint density at radius 2 is 1.85 bits per heavy atom. The second kappa shape index (κ2) is 21.8. The molecule has 404 valence electrons. The lowest BCUT2D eigenvalue weighted by Crippen LogP contribution is -2.62. The highest BCUT2D eigenvalue weighted by atomic mass is 19.1. The minimum Gasteiger partial charge on any atom is -0.464 e. The number of benzene rings is 2. The number of esters is 1. The summed E-state index contributed by atoms with van der Waals surface area (Å²) in [6.07, 6.45) is 9.77. The molecular weight excluding hydrogens is 950 g/mol. The lowest BCUT2D eigenvalue weighted by molar-refractivity contribution is -0.155. The van der Waals surface area contributed by atoms with Crippen molar-refractivity contribution in [3.8, 4) is 22.4 Å². The molecule has 11 rings (SSSR count). The molecule has 6 fully saturated rings. The Bertz CT molecular complexity index is 2750. The van der Waals surface area contributed by atoms with E-state index in [1.807, 2.05) is 25.3 Å². The summed E-state index contributed by atoms with van der Waals surface area (Å²) in [6.45, 7) is 17.8. The number of methoxy groups -OCH3 is 1. The van der Waals surface area contributed by atoms with Crippen molar-refractivity contribution in [2.75, 3.05) is 90.7 Å². The van der Waals surface area contributed by atoms with Crippen molar-refractivity contribution in [2.45, 2.75) is 135 Å². The first-order chi connectivity index (χ1) is 36.3. The fraction of sp³-hybridized carbons (Fsp3) is 0.627. The first kappa shape index (κ1) is 52.1. The van der Waals surface area contributed by atoms with E-state index in [-0.39, 0.29) is 48.3 Å². The first-order valence-electron chi connectivity index (χ1n) is 28.3. The van der Waals surface area contributed by atoms with Crippen molar-refractivity contribution in [1.29, 1.82) is 0 Å². The molecule has 4 aromatic rings. The number of piperazine rings is 1. The summed E-state index contributed by atoms with van der Waals surface area (Å²) in [5.41, 5.74) is 12.0. The molecule has 15 nitrogen and oxygen atoms in total. The highest BCUT2D eigenvalue weighted by molar-refractivity contribution is 5.96. The maximum Gasteiger partial charge on any atom is 0.324 e. The largest absolute Gasteiger partial charge is 0.464 e. The summed E-state index contributed by atoms with van der Waals surface area (Å²) in [5.74, 6) is -0.652. The molecule has 7 aliphatic rings. The fourth-order valence-corrected chi connectivity index (χ4v) is 14.0. The summed E-state index contributed by atoms with van der Waals surface area (Å²) in [5, 5.41) is 9.48. The third kappa shape index (κ3) is 10.6. The van der Waals surface area contributed by atoms with Crippen LogP contribution in [0, 0.1) is 16.7 Å². The van der Waals surface area contributed by atoms with Crippen molar-refractivity contribution < 1.29 is 33.0 Å². The molecule has 0 radical (unpaired) electrons. The normalized spacial score (nSPS) is 26.9. The number of rotatable bonds is 10. The minimum absolute atomic E-state index is 0.123. The van der Waals surface area contributed by atoms with Crippen LogP contribution in [0.3, 0.4) is 0 Å². The number of likely N-dealkylation sites (tertiary alicyclic amines) is 1. The van der Waals surface area contributed by atoms with Crippen LogP contribution < -0.4 is 21.0 Å². The van der Waals surface area contributed by atoms with E-state index in [1.54, 1.807) is 7.11 Å². The Kier molecular flexibility index (Phi) is 15.2. The highest BCUT2D eigenvalue weighted by Crippen LogP contribution is 2.44. The third-order valence-electron chi connectivity index (χ3n) is 18.1. The smallest absolute Gasteiger partial charge is 0.324 e. The predicted molar refractivity (Wildman–Crippen MR) is 289 cm³/mol. The van der Waals surface area contributed by atoms with Crippen LogP contribution in [0.2, 0.25) is 0 Å². The quantitative estimate of drug-likeness (QED) is 0.141. The van der Waals surface area contributed by atoms with Crippen molar-refractivity contribution >= 4 is 34.4 Å². The van der Waals surface area contributed by atoms with Crippen LogP contribution in [0.5, 0.6) is 0 Å². The van der Waals surface area contributed by atoms with Gasteiger partial charge in [-0.25, -0.2) is 9.82 Å². The van der Waals surface area contributed by atoms with E-state index >= 15 is 14.0 Å². The second-order valence-corrected chi connectivity index (χ2v) is 23.9. The zero-order chi connectivity index (χ0) is 52.0. The van der Waals surface area contributed by atoms with Crippen LogP contribution in [-0.4, -0.2) is 152 Å². The number of fused-ring (bicyclic) bond motifs is 7. The maximum atomic E-state index is 15.2. The standard InChI is InChI=1S/C59H80FN9O6/c1-6-68-51-14-13-42-28-46(51)48(54(68)47-29-44(32-62-52(47)38(2)73-5)66-21-20-65-22-23-74-34-45(65)33-66)30-58(3,4)37-75-57(72)49-12-9-18-69(64-49)56(71)50(27-39-24-40(31-60)26-43(42)25-39)63-55(70)53(41-10-7-8-11-41)67-19-16-59(36-67)15-17-61-35-59/h13-14,24-26,28-29,32,38,41,45,49-50,53,61,64H,6-12,15-23,27,30-31,33-37H2,1-5H3,(H,63,70)/t38-,45-,49-,50-,53-,59-/m0/s1. The van der Waals surface area contributed by atoms with E-state index < -0.39 is 30.1 Å². The van der Waals surface area contributed by atoms with Crippen LogP contribution in [0.4, 0.5) is 10.1 Å². The average molecular weight is 1030 g/mol. The van der Waals surface area contributed by atoms with Crippen molar-refractivity contribution in [2.24, 2.45) is 16.7 Å². The van der Waals surface area contributed by atoms with E-state index in [9.17, 15) is 4.79 Å². The molecule has 16 heteroatoms. The topological polar surface area (TPSA) is 146 Å². The van der Waals surface area contributed by atoms with E-state index in [1.165, 1.54) is 5.01 Å². The van der Waals surface area contributed by atoms with Gasteiger partial charge in [0.2, 0.25) is 5.91 Å². The van der Waals surface area contributed by atoms with Gasteiger partial charge in [0.25, 0.3) is 5.91 Å². The molecule has 2 aromatic carbocycles. The predicted octanol–water partition coefficient (Wildman–Crippen LogP) is 6.98. The molecule has 6 aliphatic heterocycles. The number of ether oxygens (including phenoxy) is 3. The number of carbonyl (C=O) groups excluding carboxylic acids is 3. The lowest BCUT2D eigenvalue weighted by atomic mass is 9.84. The van der Waals surface area contributed by atoms with E-state index in [4.69, 9.17) is 19.2 Å². The number of nitrogens with one attached hydrogen (secondary N) is 3. The molecule has 1 spiro atoms. The van der Waals surface area contributed by atoms with Gasteiger partial charge in [-0.3, -0.25) is 34.2 Å². The monoisotopic (exact) mass is 1030 g/mol. The second-order valence-electron chi connectivity index (χ2n) is 23.9. The Balaban J connectivity index is 1.01. The lowest BCUT2D eigenvalue weighted by Gasteiger charge is -2.44. The zero-order valence-corrected chi connectivity index (χ0v) is 45.1. The van der Waals surface area contributed by atoms with Gasteiger partial charge in [-0.05, 0) is 135 Å². The molecule has 1 aliphatic carbocycles. The molecule has 6 bridgehead atoms. The van der Waals surface area contributed by atoms with Gasteiger partial charge in [0.15, 0.2) is 0 Å². The van der Waals surface area contributed by atoms with Crippen LogP contribution >= 0.6 is 0 Å². The van der Waals surface area contributed by atoms with Gasteiger partial charge >= 0.3 is 5.97 Å². The number of pyridine rings is 1. The van der Waals surface area contributed by atoms with Gasteiger partial charge in [-0.2, -0.15) is 0 Å². The average Bonchev–Trinajstić information content (AvgIpc) is 4.27. The number of hydrogen-bond acceptors (Lipinski definition) is 12. The number of aromatic nitrogens is 2. The SMILES string of the molecule is CCn1c(-c2cc(N3CCN4CCOC[C@@H]4C3)cnc2[C@H](C)OC)c2c3cc(ccc31)-c1cc(CF)cc(c1)C[C@H](NC(=O)[C@H](C1CCCC1)N1CC[C@]3(CCNC3)C1)C(=O)N1CCC[C@H](N1)C(=O)OCC(C)(C)C2. The number of hydrogen-bond donors (Lipinski definition) is 3. The molecule has 0 unspecified atom stereocenters. The van der Waals surface area contributed by atoms with Crippen LogP contribution in [0.25, 0.3) is 33.3 Å². The minimum atomic E-state index is -0.975. The number of alkyl halides is 1. The Morgan fingerprint density at radius 1 is 1.00 bits per heavy atom.